The van der Waals surface area contributed by atoms with Crippen LogP contribution in [0.4, 0.5) is 26.3 Å². The van der Waals surface area contributed by atoms with Gasteiger partial charge in [-0.1, -0.05) is 19.1 Å². The Morgan fingerprint density at radius 3 is 2.28 bits per heavy atom. The van der Waals surface area contributed by atoms with Crippen LogP contribution < -0.4 is 5.32 Å². The van der Waals surface area contributed by atoms with E-state index < -0.39 is 52.1 Å². The number of rotatable bonds is 6. The third-order valence-corrected chi connectivity index (χ3v) is 4.70. The highest BCUT2D eigenvalue weighted by Gasteiger charge is 2.33. The summed E-state index contributed by atoms with van der Waals surface area (Å²) in [4.78, 5) is 16.0. The third-order valence-electron chi connectivity index (χ3n) is 3.95. The predicted octanol–water partition coefficient (Wildman–Crippen LogP) is 4.95. The van der Waals surface area contributed by atoms with Gasteiger partial charge in [0.1, 0.15) is 5.03 Å². The van der Waals surface area contributed by atoms with Crippen molar-refractivity contribution >= 4 is 17.7 Å². The molecule has 1 heterocycles. The van der Waals surface area contributed by atoms with Gasteiger partial charge in [0.15, 0.2) is 0 Å². The molecule has 0 aliphatic carbocycles. The molecule has 0 saturated carbocycles. The molecule has 2 rings (SSSR count). The molecule has 2 aromatic rings. The number of benzene rings is 1. The minimum Gasteiger partial charge on any atom is -0.386 e. The van der Waals surface area contributed by atoms with Crippen LogP contribution in [0.2, 0.25) is 0 Å². The first-order valence-corrected chi connectivity index (χ1v) is 9.11. The number of alkyl halides is 6. The lowest BCUT2D eigenvalue weighted by Gasteiger charge is -2.24. The Hall–Kier alpha value is -2.27. The second-order valence-electron chi connectivity index (χ2n) is 5.96. The van der Waals surface area contributed by atoms with Crippen molar-refractivity contribution in [1.29, 1.82) is 0 Å². The summed E-state index contributed by atoms with van der Waals surface area (Å²) in [7, 11) is 0. The lowest BCUT2D eigenvalue weighted by atomic mass is 9.98. The second kappa shape index (κ2) is 9.04. The highest BCUT2D eigenvalue weighted by atomic mass is 32.2. The number of aliphatic hydroxyl groups is 1. The van der Waals surface area contributed by atoms with Gasteiger partial charge >= 0.3 is 11.7 Å². The van der Waals surface area contributed by atoms with Crippen LogP contribution in [0.25, 0.3) is 0 Å². The molecule has 0 fully saturated rings. The average molecular weight is 438 g/mol. The van der Waals surface area contributed by atoms with Crippen molar-refractivity contribution < 1.29 is 36.2 Å². The molecular weight excluding hydrogens is 422 g/mol. The van der Waals surface area contributed by atoms with Crippen molar-refractivity contribution in [3.63, 3.8) is 0 Å². The fraction of sp³-hybridized carbons (Fsp3) is 0.333. The first-order chi connectivity index (χ1) is 13.4. The highest BCUT2D eigenvalue weighted by Crippen LogP contribution is 2.37. The zero-order valence-electron chi connectivity index (χ0n) is 14.9. The van der Waals surface area contributed by atoms with Crippen molar-refractivity contribution in [1.82, 2.24) is 10.3 Å². The number of thioether (sulfide) groups is 1. The van der Waals surface area contributed by atoms with Gasteiger partial charge in [-0.2, -0.15) is 26.3 Å². The standard InChI is InChI=1S/C18H16F6N2O2S/c1-2-13(14(27)10-5-7-11(8-6-10)17(19,20)21)26-15(28)12-4-3-9-25-16(12)29-18(22,23)24/h3-9,13-14,27H,2H2,1H3,(H,26,28)/t13-,14+/m0/s1. The van der Waals surface area contributed by atoms with E-state index in [0.29, 0.717) is 0 Å². The number of amides is 1. The number of aliphatic hydroxyl groups excluding tert-OH is 1. The van der Waals surface area contributed by atoms with Gasteiger partial charge in [0, 0.05) is 18.0 Å². The summed E-state index contributed by atoms with van der Waals surface area (Å²) in [5.41, 5.74) is -5.74. The fourth-order valence-corrected chi connectivity index (χ4v) is 3.11. The first kappa shape index (κ1) is 23.0. The molecule has 0 radical (unpaired) electrons. The molecule has 0 spiro atoms. The number of carbonyl (C=O) groups is 1. The van der Waals surface area contributed by atoms with Gasteiger partial charge in [0.05, 0.1) is 23.3 Å². The van der Waals surface area contributed by atoms with Gasteiger partial charge in [0.2, 0.25) is 0 Å². The van der Waals surface area contributed by atoms with Gasteiger partial charge in [-0.25, -0.2) is 4.98 Å². The molecule has 29 heavy (non-hydrogen) atoms. The molecule has 1 aromatic heterocycles. The average Bonchev–Trinajstić information content (AvgIpc) is 2.64. The smallest absolute Gasteiger partial charge is 0.386 e. The Morgan fingerprint density at radius 1 is 1.14 bits per heavy atom. The van der Waals surface area contributed by atoms with E-state index in [4.69, 9.17) is 0 Å². The van der Waals surface area contributed by atoms with Gasteiger partial charge in [-0.3, -0.25) is 4.79 Å². The van der Waals surface area contributed by atoms with Gasteiger partial charge in [0.25, 0.3) is 5.91 Å². The molecule has 0 aliphatic rings. The molecule has 1 aromatic carbocycles. The van der Waals surface area contributed by atoms with Crippen molar-refractivity contribution in [3.8, 4) is 0 Å². The van der Waals surface area contributed by atoms with Crippen molar-refractivity contribution in [2.75, 3.05) is 0 Å². The van der Waals surface area contributed by atoms with Gasteiger partial charge < -0.3 is 10.4 Å². The zero-order valence-corrected chi connectivity index (χ0v) is 15.7. The topological polar surface area (TPSA) is 62.2 Å². The minimum atomic E-state index is -4.65. The van der Waals surface area contributed by atoms with E-state index in [1.165, 1.54) is 6.07 Å². The fourth-order valence-electron chi connectivity index (χ4n) is 2.51. The van der Waals surface area contributed by atoms with Crippen molar-refractivity contribution in [2.45, 2.75) is 42.2 Å². The first-order valence-electron chi connectivity index (χ1n) is 8.29. The summed E-state index contributed by atoms with van der Waals surface area (Å²) >= 11 is -0.542. The number of nitrogens with one attached hydrogen (secondary N) is 1. The molecule has 2 N–H and O–H groups in total. The number of aromatic nitrogens is 1. The van der Waals surface area contributed by atoms with E-state index in [9.17, 15) is 36.2 Å². The van der Waals surface area contributed by atoms with Crippen LogP contribution >= 0.6 is 11.8 Å². The summed E-state index contributed by atoms with van der Waals surface area (Å²) < 4.78 is 75.9. The van der Waals surface area contributed by atoms with Crippen LogP contribution in [0.15, 0.2) is 47.6 Å². The molecule has 1 amide bonds. The number of halogens is 6. The maximum atomic E-state index is 12.7. The lowest BCUT2D eigenvalue weighted by Crippen LogP contribution is -2.39. The van der Waals surface area contributed by atoms with E-state index in [-0.39, 0.29) is 17.5 Å². The number of carbonyl (C=O) groups excluding carboxylic acids is 1. The molecule has 11 heteroatoms. The minimum absolute atomic E-state index is 0.126. The Labute approximate surface area is 166 Å². The van der Waals surface area contributed by atoms with E-state index in [2.05, 4.69) is 10.3 Å². The molecule has 0 bridgehead atoms. The normalized spacial score (nSPS) is 14.3. The molecule has 4 nitrogen and oxygen atoms in total. The van der Waals surface area contributed by atoms with Crippen LogP contribution in [0.3, 0.4) is 0 Å². The summed E-state index contributed by atoms with van der Waals surface area (Å²) in [6, 6.07) is 5.27. The number of nitrogens with zero attached hydrogens (tertiary/aromatic N) is 1. The van der Waals surface area contributed by atoms with E-state index >= 15 is 0 Å². The largest absolute Gasteiger partial charge is 0.447 e. The maximum absolute atomic E-state index is 12.7. The van der Waals surface area contributed by atoms with Crippen LogP contribution in [0.5, 0.6) is 0 Å². The molecule has 158 valence electrons. The van der Waals surface area contributed by atoms with Crippen LogP contribution in [-0.2, 0) is 6.18 Å². The van der Waals surface area contributed by atoms with E-state index in [0.717, 1.165) is 36.5 Å². The summed E-state index contributed by atoms with van der Waals surface area (Å²) in [6.07, 6.45) is -4.61. The van der Waals surface area contributed by atoms with Crippen LogP contribution in [0, 0.1) is 0 Å². The van der Waals surface area contributed by atoms with Crippen LogP contribution in [-0.4, -0.2) is 27.5 Å². The molecule has 0 saturated heterocycles. The summed E-state index contributed by atoms with van der Waals surface area (Å²) in [6.45, 7) is 1.60. The summed E-state index contributed by atoms with van der Waals surface area (Å²) in [5, 5.41) is 12.3. The maximum Gasteiger partial charge on any atom is 0.447 e. The highest BCUT2D eigenvalue weighted by molar-refractivity contribution is 8.00. The number of hydrogen-bond donors (Lipinski definition) is 2. The van der Waals surface area contributed by atoms with Gasteiger partial charge in [-0.05, 0) is 36.2 Å². The lowest BCUT2D eigenvalue weighted by molar-refractivity contribution is -0.137. The quantitative estimate of drug-likeness (QED) is 0.495. The predicted molar refractivity (Wildman–Crippen MR) is 94.1 cm³/mol. The zero-order chi connectivity index (χ0) is 21.8. The van der Waals surface area contributed by atoms with E-state index in [1.807, 2.05) is 0 Å². The second-order valence-corrected chi connectivity index (χ2v) is 7.01. The van der Waals surface area contributed by atoms with Crippen LogP contribution in [0.1, 0.15) is 40.9 Å². The Bertz CT molecular complexity index is 839. The SMILES string of the molecule is CC[C@H](NC(=O)c1cccnc1SC(F)(F)F)[C@H](O)c1ccc(C(F)(F)F)cc1. The third kappa shape index (κ3) is 6.36. The van der Waals surface area contributed by atoms with Crippen molar-refractivity contribution in [2.24, 2.45) is 0 Å². The Morgan fingerprint density at radius 2 is 1.76 bits per heavy atom. The van der Waals surface area contributed by atoms with Crippen molar-refractivity contribution in [3.05, 3.63) is 59.3 Å². The number of hydrogen-bond acceptors (Lipinski definition) is 4. The Balaban J connectivity index is 2.18. The van der Waals surface area contributed by atoms with E-state index in [1.54, 1.807) is 6.92 Å². The molecule has 0 aliphatic heterocycles. The van der Waals surface area contributed by atoms with Gasteiger partial charge in [-0.15, -0.1) is 0 Å². The molecular formula is C18H16F6N2O2S. The monoisotopic (exact) mass is 438 g/mol. The Kier molecular flexibility index (Phi) is 7.17. The number of pyridine rings is 1. The summed E-state index contributed by atoms with van der Waals surface area (Å²) in [5.74, 6) is -0.886. The molecule has 2 atom stereocenters. The molecule has 0 unspecified atom stereocenters.